The number of benzene rings is 1. The summed E-state index contributed by atoms with van der Waals surface area (Å²) in [5.74, 6) is 0.103. The number of nitrogens with one attached hydrogen (secondary N) is 1. The van der Waals surface area contributed by atoms with Crippen LogP contribution in [0.1, 0.15) is 40.0 Å². The summed E-state index contributed by atoms with van der Waals surface area (Å²) in [5.41, 5.74) is 0.742. The van der Waals surface area contributed by atoms with Crippen molar-refractivity contribution >= 4 is 5.69 Å². The molecule has 1 saturated carbocycles. The monoisotopic (exact) mass is 265 g/mol. The van der Waals surface area contributed by atoms with E-state index in [0.717, 1.165) is 24.9 Å². The van der Waals surface area contributed by atoms with Gasteiger partial charge in [0.05, 0.1) is 12.1 Å². The van der Waals surface area contributed by atoms with Crippen LogP contribution in [0.4, 0.5) is 10.1 Å². The fraction of sp³-hybridized carbons (Fsp3) is 0.625. The van der Waals surface area contributed by atoms with E-state index >= 15 is 0 Å². The summed E-state index contributed by atoms with van der Waals surface area (Å²) < 4.78 is 13.3. The van der Waals surface area contributed by atoms with E-state index in [1.54, 1.807) is 6.07 Å². The van der Waals surface area contributed by atoms with Gasteiger partial charge in [-0.1, -0.05) is 26.8 Å². The van der Waals surface area contributed by atoms with Gasteiger partial charge in [-0.15, -0.1) is 0 Å². The molecule has 19 heavy (non-hydrogen) atoms. The quantitative estimate of drug-likeness (QED) is 0.871. The average molecular weight is 265 g/mol. The molecular formula is C16H24FNO. The first-order chi connectivity index (χ1) is 8.87. The van der Waals surface area contributed by atoms with Crippen LogP contribution < -0.4 is 5.32 Å². The highest BCUT2D eigenvalue weighted by Gasteiger charge is 2.43. The molecule has 2 rings (SSSR count). The zero-order valence-corrected chi connectivity index (χ0v) is 12.0. The first-order valence-corrected chi connectivity index (χ1v) is 7.02. The lowest BCUT2D eigenvalue weighted by Gasteiger charge is -2.48. The Morgan fingerprint density at radius 2 is 2.11 bits per heavy atom. The van der Waals surface area contributed by atoms with Crippen molar-refractivity contribution < 1.29 is 9.50 Å². The molecule has 0 spiro atoms. The first kappa shape index (κ1) is 14.3. The Kier molecular flexibility index (Phi) is 3.86. The van der Waals surface area contributed by atoms with E-state index in [9.17, 15) is 9.50 Å². The molecule has 0 saturated heterocycles. The lowest BCUT2D eigenvalue weighted by Crippen LogP contribution is -2.52. The van der Waals surface area contributed by atoms with Crippen LogP contribution in [-0.2, 0) is 0 Å². The van der Waals surface area contributed by atoms with Gasteiger partial charge in [-0.2, -0.15) is 0 Å². The van der Waals surface area contributed by atoms with E-state index in [1.807, 2.05) is 6.07 Å². The Morgan fingerprint density at radius 3 is 2.68 bits per heavy atom. The second-order valence-corrected chi connectivity index (χ2v) is 6.72. The standard InChI is InChI=1S/C16H24FNO/c1-12-10-15(2,3)7-8-16(12,11-19)18-14-6-4-5-13(17)9-14/h4-6,9,12,18-19H,7-8,10-11H2,1-3H3. The van der Waals surface area contributed by atoms with Crippen LogP contribution in [0.5, 0.6) is 0 Å². The number of aliphatic hydroxyl groups excluding tert-OH is 1. The summed E-state index contributed by atoms with van der Waals surface area (Å²) in [6.45, 7) is 6.80. The molecule has 3 heteroatoms. The van der Waals surface area contributed by atoms with Gasteiger partial charge in [0.2, 0.25) is 0 Å². The Balaban J connectivity index is 2.19. The Hall–Kier alpha value is -1.09. The van der Waals surface area contributed by atoms with Crippen molar-refractivity contribution in [3.05, 3.63) is 30.1 Å². The van der Waals surface area contributed by atoms with Crippen LogP contribution in [0.2, 0.25) is 0 Å². The summed E-state index contributed by atoms with van der Waals surface area (Å²) >= 11 is 0. The van der Waals surface area contributed by atoms with Crippen LogP contribution in [0.3, 0.4) is 0 Å². The average Bonchev–Trinajstić information content (AvgIpc) is 2.33. The van der Waals surface area contributed by atoms with Crippen molar-refractivity contribution in [2.75, 3.05) is 11.9 Å². The molecule has 106 valence electrons. The summed E-state index contributed by atoms with van der Waals surface area (Å²) in [7, 11) is 0. The largest absolute Gasteiger partial charge is 0.394 e. The third-order valence-electron chi connectivity index (χ3n) is 4.55. The molecule has 1 aliphatic carbocycles. The van der Waals surface area contributed by atoms with Gasteiger partial charge in [0.1, 0.15) is 5.82 Å². The molecule has 1 aliphatic rings. The normalized spacial score (nSPS) is 30.1. The lowest BCUT2D eigenvalue weighted by atomic mass is 9.64. The van der Waals surface area contributed by atoms with Crippen molar-refractivity contribution in [1.82, 2.24) is 0 Å². The predicted octanol–water partition coefficient (Wildman–Crippen LogP) is 3.81. The molecule has 2 atom stereocenters. The van der Waals surface area contributed by atoms with Crippen molar-refractivity contribution in [2.45, 2.75) is 45.6 Å². The highest BCUT2D eigenvalue weighted by molar-refractivity contribution is 5.46. The van der Waals surface area contributed by atoms with E-state index in [1.165, 1.54) is 12.1 Å². The predicted molar refractivity (Wildman–Crippen MR) is 76.6 cm³/mol. The number of rotatable bonds is 3. The third-order valence-corrected chi connectivity index (χ3v) is 4.55. The molecule has 0 aliphatic heterocycles. The number of hydrogen-bond acceptors (Lipinski definition) is 2. The second kappa shape index (κ2) is 5.12. The minimum Gasteiger partial charge on any atom is -0.394 e. The zero-order chi connectivity index (χ0) is 14.1. The van der Waals surface area contributed by atoms with Crippen LogP contribution in [-0.4, -0.2) is 17.3 Å². The lowest BCUT2D eigenvalue weighted by molar-refractivity contribution is 0.0685. The van der Waals surface area contributed by atoms with Gasteiger partial charge in [-0.25, -0.2) is 4.39 Å². The number of hydrogen-bond donors (Lipinski definition) is 2. The van der Waals surface area contributed by atoms with Gasteiger partial charge < -0.3 is 10.4 Å². The molecule has 2 unspecified atom stereocenters. The van der Waals surface area contributed by atoms with Crippen LogP contribution in [0.25, 0.3) is 0 Å². The molecule has 0 aromatic heterocycles. The molecule has 0 amide bonds. The SMILES string of the molecule is CC1CC(C)(C)CCC1(CO)Nc1cccc(F)c1. The minimum absolute atomic E-state index is 0.0841. The summed E-state index contributed by atoms with van der Waals surface area (Å²) in [5, 5.41) is 13.2. The van der Waals surface area contributed by atoms with Crippen molar-refractivity contribution in [2.24, 2.45) is 11.3 Å². The summed E-state index contributed by atoms with van der Waals surface area (Å²) in [6.07, 6.45) is 3.05. The molecule has 0 heterocycles. The zero-order valence-electron chi connectivity index (χ0n) is 12.0. The van der Waals surface area contributed by atoms with Crippen molar-refractivity contribution in [3.63, 3.8) is 0 Å². The Labute approximate surface area is 115 Å². The number of anilines is 1. The van der Waals surface area contributed by atoms with E-state index in [0.29, 0.717) is 11.3 Å². The first-order valence-electron chi connectivity index (χ1n) is 7.02. The summed E-state index contributed by atoms with van der Waals surface area (Å²) in [6, 6.07) is 6.47. The summed E-state index contributed by atoms with van der Waals surface area (Å²) in [4.78, 5) is 0. The molecule has 2 nitrogen and oxygen atoms in total. The Bertz CT molecular complexity index is 446. The fourth-order valence-electron chi connectivity index (χ4n) is 3.25. The highest BCUT2D eigenvalue weighted by Crippen LogP contribution is 2.45. The number of halogens is 1. The maximum Gasteiger partial charge on any atom is 0.125 e. The van der Waals surface area contributed by atoms with E-state index in [-0.39, 0.29) is 18.0 Å². The molecule has 0 radical (unpaired) electrons. The molecule has 2 N–H and O–H groups in total. The highest BCUT2D eigenvalue weighted by atomic mass is 19.1. The van der Waals surface area contributed by atoms with Gasteiger partial charge in [0.15, 0.2) is 0 Å². The van der Waals surface area contributed by atoms with Crippen LogP contribution in [0, 0.1) is 17.2 Å². The molecule has 0 bridgehead atoms. The minimum atomic E-state index is -0.330. The topological polar surface area (TPSA) is 32.3 Å². The van der Waals surface area contributed by atoms with Gasteiger partial charge in [0, 0.05) is 5.69 Å². The molecule has 1 aromatic carbocycles. The maximum absolute atomic E-state index is 13.3. The molecule has 1 aromatic rings. The van der Waals surface area contributed by atoms with E-state index in [4.69, 9.17) is 0 Å². The van der Waals surface area contributed by atoms with Crippen LogP contribution >= 0.6 is 0 Å². The fourth-order valence-corrected chi connectivity index (χ4v) is 3.25. The van der Waals surface area contributed by atoms with Gasteiger partial charge >= 0.3 is 0 Å². The van der Waals surface area contributed by atoms with Gasteiger partial charge in [0.25, 0.3) is 0 Å². The molecular weight excluding hydrogens is 241 g/mol. The van der Waals surface area contributed by atoms with E-state index < -0.39 is 0 Å². The van der Waals surface area contributed by atoms with Crippen molar-refractivity contribution in [1.29, 1.82) is 0 Å². The van der Waals surface area contributed by atoms with Crippen LogP contribution in [0.15, 0.2) is 24.3 Å². The third kappa shape index (κ3) is 3.08. The second-order valence-electron chi connectivity index (χ2n) is 6.72. The van der Waals surface area contributed by atoms with E-state index in [2.05, 4.69) is 26.1 Å². The molecule has 1 fully saturated rings. The Morgan fingerprint density at radius 1 is 1.37 bits per heavy atom. The maximum atomic E-state index is 13.3. The number of aliphatic hydroxyl groups is 1. The van der Waals surface area contributed by atoms with Crippen molar-refractivity contribution in [3.8, 4) is 0 Å². The van der Waals surface area contributed by atoms with Gasteiger partial charge in [-0.05, 0) is 48.8 Å². The smallest absolute Gasteiger partial charge is 0.125 e. The van der Waals surface area contributed by atoms with Gasteiger partial charge in [-0.3, -0.25) is 0 Å².